The Morgan fingerprint density at radius 3 is 2.76 bits per heavy atom. The van der Waals surface area contributed by atoms with E-state index in [0.29, 0.717) is 24.2 Å². The third-order valence-electron chi connectivity index (χ3n) is 3.21. The van der Waals surface area contributed by atoms with E-state index in [0.717, 1.165) is 11.5 Å². The van der Waals surface area contributed by atoms with Gasteiger partial charge < -0.3 is 20.5 Å². The van der Waals surface area contributed by atoms with Gasteiger partial charge in [-0.2, -0.15) is 0 Å². The lowest BCUT2D eigenvalue weighted by atomic mass is 10.1. The smallest absolute Gasteiger partial charge is 0.251 e. The maximum Gasteiger partial charge on any atom is 0.251 e. The molecule has 21 heavy (non-hydrogen) atoms. The van der Waals surface area contributed by atoms with Gasteiger partial charge in [-0.1, -0.05) is 0 Å². The molecule has 0 spiro atoms. The maximum atomic E-state index is 12.1. The molecule has 0 atom stereocenters. The molecule has 2 aromatic rings. The number of nitrogens with zero attached hydrogens (tertiary/aromatic N) is 4. The molecule has 0 fully saturated rings. The van der Waals surface area contributed by atoms with E-state index >= 15 is 0 Å². The zero-order chi connectivity index (χ0) is 15.4. The van der Waals surface area contributed by atoms with Gasteiger partial charge in [0.2, 0.25) is 0 Å². The summed E-state index contributed by atoms with van der Waals surface area (Å²) >= 11 is 0. The van der Waals surface area contributed by atoms with Crippen LogP contribution in [0.5, 0.6) is 0 Å². The molecule has 0 saturated carbocycles. The van der Waals surface area contributed by atoms with E-state index < -0.39 is 0 Å². The quantitative estimate of drug-likeness (QED) is 0.779. The van der Waals surface area contributed by atoms with E-state index in [1.807, 2.05) is 36.7 Å². The van der Waals surface area contributed by atoms with Crippen molar-refractivity contribution >= 4 is 17.3 Å². The second-order valence-corrected chi connectivity index (χ2v) is 5.03. The highest BCUT2D eigenvalue weighted by Crippen LogP contribution is 2.22. The molecule has 0 aliphatic rings. The van der Waals surface area contributed by atoms with Gasteiger partial charge >= 0.3 is 0 Å². The van der Waals surface area contributed by atoms with Gasteiger partial charge in [-0.25, -0.2) is 0 Å². The molecule has 7 heteroatoms. The molecule has 1 heterocycles. The minimum atomic E-state index is -0.144. The molecule has 1 amide bonds. The lowest BCUT2D eigenvalue weighted by Gasteiger charge is -2.15. The van der Waals surface area contributed by atoms with Crippen LogP contribution in [0.15, 0.2) is 24.5 Å². The molecule has 7 nitrogen and oxygen atoms in total. The third kappa shape index (κ3) is 3.50. The first-order valence-electron chi connectivity index (χ1n) is 6.67. The molecule has 0 saturated heterocycles. The van der Waals surface area contributed by atoms with Gasteiger partial charge in [0, 0.05) is 39.7 Å². The first-order valence-corrected chi connectivity index (χ1v) is 6.67. The Labute approximate surface area is 123 Å². The van der Waals surface area contributed by atoms with Crippen LogP contribution in [-0.2, 0) is 13.5 Å². The van der Waals surface area contributed by atoms with Gasteiger partial charge in [0.1, 0.15) is 12.2 Å². The van der Waals surface area contributed by atoms with Gasteiger partial charge in [-0.3, -0.25) is 4.79 Å². The van der Waals surface area contributed by atoms with Gasteiger partial charge in [-0.05, 0) is 18.2 Å². The second kappa shape index (κ2) is 6.25. The number of aryl methyl sites for hydroxylation is 1. The molecule has 3 N–H and O–H groups in total. The highest BCUT2D eigenvalue weighted by Gasteiger charge is 2.09. The average Bonchev–Trinajstić information content (AvgIpc) is 2.83. The average molecular weight is 288 g/mol. The van der Waals surface area contributed by atoms with E-state index in [1.165, 1.54) is 0 Å². The number of carbonyl (C=O) groups is 1. The van der Waals surface area contributed by atoms with Crippen molar-refractivity contribution in [2.75, 3.05) is 31.3 Å². The summed E-state index contributed by atoms with van der Waals surface area (Å²) in [4.78, 5) is 14.0. The van der Waals surface area contributed by atoms with E-state index in [4.69, 9.17) is 5.73 Å². The van der Waals surface area contributed by atoms with E-state index in [1.54, 1.807) is 18.5 Å². The Balaban J connectivity index is 1.94. The number of anilines is 2. The number of nitrogens with two attached hydrogens (primary N) is 1. The Kier molecular flexibility index (Phi) is 4.42. The molecular weight excluding hydrogens is 268 g/mol. The lowest BCUT2D eigenvalue weighted by Crippen LogP contribution is -2.26. The number of carbonyl (C=O) groups excluding carboxylic acids is 1. The summed E-state index contributed by atoms with van der Waals surface area (Å²) in [5.41, 5.74) is 7.97. The number of amides is 1. The predicted molar refractivity (Wildman–Crippen MR) is 82.2 cm³/mol. The van der Waals surface area contributed by atoms with Crippen LogP contribution in [0, 0.1) is 0 Å². The lowest BCUT2D eigenvalue weighted by molar-refractivity contribution is 0.0954. The first-order chi connectivity index (χ1) is 9.99. The number of hydrogen-bond donors (Lipinski definition) is 2. The summed E-state index contributed by atoms with van der Waals surface area (Å²) in [6.07, 6.45) is 2.27. The van der Waals surface area contributed by atoms with E-state index in [-0.39, 0.29) is 5.91 Å². The fraction of sp³-hybridized carbons (Fsp3) is 0.357. The third-order valence-corrected chi connectivity index (χ3v) is 3.21. The van der Waals surface area contributed by atoms with Crippen LogP contribution in [0.3, 0.4) is 0 Å². The highest BCUT2D eigenvalue weighted by atomic mass is 16.1. The summed E-state index contributed by atoms with van der Waals surface area (Å²) in [6, 6.07) is 5.29. The normalized spacial score (nSPS) is 10.4. The Bertz CT molecular complexity index is 634. The van der Waals surface area contributed by atoms with Crippen molar-refractivity contribution in [1.29, 1.82) is 0 Å². The van der Waals surface area contributed by atoms with Crippen molar-refractivity contribution in [3.05, 3.63) is 35.9 Å². The molecular formula is C14H20N6O. The van der Waals surface area contributed by atoms with Crippen molar-refractivity contribution < 1.29 is 4.79 Å². The molecule has 112 valence electrons. The minimum Gasteiger partial charge on any atom is -0.397 e. The fourth-order valence-corrected chi connectivity index (χ4v) is 2.03. The van der Waals surface area contributed by atoms with Crippen LogP contribution in [0.4, 0.5) is 11.4 Å². The molecule has 0 bridgehead atoms. The fourth-order valence-electron chi connectivity index (χ4n) is 2.03. The van der Waals surface area contributed by atoms with E-state index in [9.17, 15) is 4.79 Å². The minimum absolute atomic E-state index is 0.144. The Hall–Kier alpha value is -2.57. The topological polar surface area (TPSA) is 89.1 Å². The van der Waals surface area contributed by atoms with Crippen molar-refractivity contribution in [2.45, 2.75) is 6.42 Å². The predicted octanol–water partition coefficient (Wildman–Crippen LogP) is 0.436. The number of nitrogens with one attached hydrogen (secondary N) is 1. The SMILES string of the molecule is CN(C)c1ccc(C(=O)NCCc2nncn2C)cc1N. The molecule has 2 rings (SSSR count). The summed E-state index contributed by atoms with van der Waals surface area (Å²) in [5.74, 6) is 0.687. The zero-order valence-electron chi connectivity index (χ0n) is 12.5. The van der Waals surface area contributed by atoms with Crippen LogP contribution in [-0.4, -0.2) is 41.3 Å². The Morgan fingerprint density at radius 2 is 2.19 bits per heavy atom. The number of rotatable bonds is 5. The van der Waals surface area contributed by atoms with Crippen LogP contribution < -0.4 is 16.0 Å². The van der Waals surface area contributed by atoms with Crippen LogP contribution in [0.25, 0.3) is 0 Å². The first kappa shape index (κ1) is 14.8. The van der Waals surface area contributed by atoms with Gasteiger partial charge in [-0.15, -0.1) is 10.2 Å². The van der Waals surface area contributed by atoms with Crippen LogP contribution in [0.2, 0.25) is 0 Å². The number of aromatic nitrogens is 3. The summed E-state index contributed by atoms with van der Waals surface area (Å²) in [6.45, 7) is 0.501. The molecule has 1 aromatic heterocycles. The molecule has 0 unspecified atom stereocenters. The van der Waals surface area contributed by atoms with Crippen molar-refractivity contribution in [1.82, 2.24) is 20.1 Å². The molecule has 0 aliphatic carbocycles. The van der Waals surface area contributed by atoms with Crippen LogP contribution >= 0.6 is 0 Å². The van der Waals surface area contributed by atoms with Gasteiger partial charge in [0.25, 0.3) is 5.91 Å². The zero-order valence-corrected chi connectivity index (χ0v) is 12.5. The highest BCUT2D eigenvalue weighted by molar-refractivity contribution is 5.96. The van der Waals surface area contributed by atoms with E-state index in [2.05, 4.69) is 15.5 Å². The van der Waals surface area contributed by atoms with Gasteiger partial charge in [0.15, 0.2) is 0 Å². The van der Waals surface area contributed by atoms with Crippen molar-refractivity contribution in [3.8, 4) is 0 Å². The van der Waals surface area contributed by atoms with Crippen LogP contribution in [0.1, 0.15) is 16.2 Å². The summed E-state index contributed by atoms with van der Waals surface area (Å²) < 4.78 is 1.83. The van der Waals surface area contributed by atoms with Gasteiger partial charge in [0.05, 0.1) is 11.4 Å². The Morgan fingerprint density at radius 1 is 1.43 bits per heavy atom. The molecule has 1 aromatic carbocycles. The van der Waals surface area contributed by atoms with Crippen molar-refractivity contribution in [3.63, 3.8) is 0 Å². The summed E-state index contributed by atoms with van der Waals surface area (Å²) in [5, 5.41) is 10.6. The molecule has 0 radical (unpaired) electrons. The maximum absolute atomic E-state index is 12.1. The number of nitrogen functional groups attached to an aromatic ring is 1. The second-order valence-electron chi connectivity index (χ2n) is 5.03. The largest absolute Gasteiger partial charge is 0.397 e. The number of benzene rings is 1. The standard InChI is InChI=1S/C14H20N6O/c1-19(2)12-5-4-10(8-11(12)15)14(21)16-7-6-13-18-17-9-20(13)3/h4-5,8-9H,6-7,15H2,1-3H3,(H,16,21). The monoisotopic (exact) mass is 288 g/mol. The molecule has 0 aliphatic heterocycles. The van der Waals surface area contributed by atoms with Crippen molar-refractivity contribution in [2.24, 2.45) is 7.05 Å². The number of hydrogen-bond acceptors (Lipinski definition) is 5. The summed E-state index contributed by atoms with van der Waals surface area (Å²) in [7, 11) is 5.69.